The highest BCUT2D eigenvalue weighted by Crippen LogP contribution is 2.21. The number of aliphatic hydroxyl groups is 1. The average molecular weight is 338 g/mol. The Hall–Kier alpha value is -1.92. The molecular formula is C14H12BrNO4. The zero-order chi connectivity index (χ0) is 14.7. The normalized spacial score (nSPS) is 12.1. The number of rotatable bonds is 4. The first kappa shape index (κ1) is 14.5. The van der Waals surface area contributed by atoms with Crippen LogP contribution in [-0.2, 0) is 4.79 Å². The number of carboxylic acid groups (broad SMARTS) is 1. The zero-order valence-electron chi connectivity index (χ0n) is 10.3. The van der Waals surface area contributed by atoms with Gasteiger partial charge in [-0.2, -0.15) is 0 Å². The van der Waals surface area contributed by atoms with Gasteiger partial charge in [0.1, 0.15) is 0 Å². The molecule has 6 heteroatoms. The van der Waals surface area contributed by atoms with Gasteiger partial charge >= 0.3 is 5.97 Å². The molecule has 2 aromatic rings. The summed E-state index contributed by atoms with van der Waals surface area (Å²) in [5, 5.41) is 21.8. The van der Waals surface area contributed by atoms with Gasteiger partial charge in [0.05, 0.1) is 6.61 Å². The SMILES string of the molecule is O=C(N[C@@H](CO)C(=O)O)c1ccc2cc(Br)ccc2c1. The molecular weight excluding hydrogens is 326 g/mol. The van der Waals surface area contributed by atoms with Crippen LogP contribution < -0.4 is 5.32 Å². The number of fused-ring (bicyclic) bond motifs is 1. The fourth-order valence-electron chi connectivity index (χ4n) is 1.78. The standard InChI is InChI=1S/C14H12BrNO4/c15-11-4-3-8-5-10(2-1-9(8)6-11)13(18)16-12(7-17)14(19)20/h1-6,12,17H,7H2,(H,16,18)(H,19,20)/t12-/m0/s1. The lowest BCUT2D eigenvalue weighted by Gasteiger charge is -2.12. The van der Waals surface area contributed by atoms with Crippen molar-refractivity contribution in [2.75, 3.05) is 6.61 Å². The molecule has 0 aromatic heterocycles. The summed E-state index contributed by atoms with van der Waals surface area (Å²) in [6.07, 6.45) is 0. The molecule has 1 amide bonds. The molecule has 0 radical (unpaired) electrons. The molecule has 0 bridgehead atoms. The molecule has 0 aliphatic rings. The Morgan fingerprint density at radius 2 is 1.80 bits per heavy atom. The average Bonchev–Trinajstić information content (AvgIpc) is 2.43. The third-order valence-corrected chi connectivity index (χ3v) is 3.34. The highest BCUT2D eigenvalue weighted by Gasteiger charge is 2.19. The Balaban J connectivity index is 2.26. The van der Waals surface area contributed by atoms with Gasteiger partial charge in [0, 0.05) is 10.0 Å². The smallest absolute Gasteiger partial charge is 0.328 e. The van der Waals surface area contributed by atoms with Crippen LogP contribution in [0.5, 0.6) is 0 Å². The second-order valence-corrected chi connectivity index (χ2v) is 5.17. The van der Waals surface area contributed by atoms with E-state index in [4.69, 9.17) is 10.2 Å². The first-order valence-electron chi connectivity index (χ1n) is 5.85. The molecule has 0 aliphatic heterocycles. The van der Waals surface area contributed by atoms with Crippen LogP contribution in [0.2, 0.25) is 0 Å². The Bertz CT molecular complexity index is 671. The van der Waals surface area contributed by atoms with Crippen molar-refractivity contribution < 1.29 is 19.8 Å². The van der Waals surface area contributed by atoms with Gasteiger partial charge in [0.15, 0.2) is 6.04 Å². The van der Waals surface area contributed by atoms with E-state index in [0.29, 0.717) is 5.56 Å². The van der Waals surface area contributed by atoms with Crippen LogP contribution in [0.3, 0.4) is 0 Å². The third-order valence-electron chi connectivity index (χ3n) is 2.85. The van der Waals surface area contributed by atoms with E-state index >= 15 is 0 Å². The Morgan fingerprint density at radius 1 is 1.15 bits per heavy atom. The molecule has 0 heterocycles. The monoisotopic (exact) mass is 337 g/mol. The van der Waals surface area contributed by atoms with E-state index in [1.165, 1.54) is 0 Å². The molecule has 0 saturated heterocycles. The number of hydrogen-bond acceptors (Lipinski definition) is 3. The minimum Gasteiger partial charge on any atom is -0.480 e. The second kappa shape index (κ2) is 6.02. The maximum Gasteiger partial charge on any atom is 0.328 e. The van der Waals surface area contributed by atoms with Gasteiger partial charge in [-0.15, -0.1) is 0 Å². The lowest BCUT2D eigenvalue weighted by atomic mass is 10.1. The van der Waals surface area contributed by atoms with Crippen molar-refractivity contribution in [3.8, 4) is 0 Å². The topological polar surface area (TPSA) is 86.6 Å². The van der Waals surface area contributed by atoms with E-state index < -0.39 is 24.5 Å². The first-order chi connectivity index (χ1) is 9.51. The van der Waals surface area contributed by atoms with Crippen molar-refractivity contribution in [2.45, 2.75) is 6.04 Å². The van der Waals surface area contributed by atoms with Crippen LogP contribution in [0.1, 0.15) is 10.4 Å². The van der Waals surface area contributed by atoms with Gasteiger partial charge in [-0.05, 0) is 35.0 Å². The number of halogens is 1. The number of hydrogen-bond donors (Lipinski definition) is 3. The highest BCUT2D eigenvalue weighted by atomic mass is 79.9. The molecule has 104 valence electrons. The van der Waals surface area contributed by atoms with E-state index in [9.17, 15) is 9.59 Å². The minimum atomic E-state index is -1.30. The van der Waals surface area contributed by atoms with Crippen LogP contribution in [0.4, 0.5) is 0 Å². The summed E-state index contributed by atoms with van der Waals surface area (Å²) in [6, 6.07) is 9.40. The fourth-order valence-corrected chi connectivity index (χ4v) is 2.16. The number of carboxylic acids is 1. The van der Waals surface area contributed by atoms with Crippen molar-refractivity contribution in [1.82, 2.24) is 5.32 Å². The second-order valence-electron chi connectivity index (χ2n) is 4.25. The zero-order valence-corrected chi connectivity index (χ0v) is 11.9. The van der Waals surface area contributed by atoms with E-state index in [1.54, 1.807) is 18.2 Å². The molecule has 2 aromatic carbocycles. The third kappa shape index (κ3) is 3.15. The molecule has 0 aliphatic carbocycles. The van der Waals surface area contributed by atoms with E-state index in [1.807, 2.05) is 18.2 Å². The number of carbonyl (C=O) groups is 2. The number of benzene rings is 2. The molecule has 5 nitrogen and oxygen atoms in total. The summed E-state index contributed by atoms with van der Waals surface area (Å²) < 4.78 is 0.938. The van der Waals surface area contributed by atoms with Gasteiger partial charge in [-0.3, -0.25) is 4.79 Å². The van der Waals surface area contributed by atoms with Gasteiger partial charge in [-0.1, -0.05) is 28.1 Å². The minimum absolute atomic E-state index is 0.347. The van der Waals surface area contributed by atoms with Gasteiger partial charge in [0.25, 0.3) is 5.91 Å². The van der Waals surface area contributed by atoms with E-state index in [2.05, 4.69) is 21.2 Å². The number of nitrogens with one attached hydrogen (secondary N) is 1. The predicted octanol–water partition coefficient (Wildman–Crippen LogP) is 1.78. The molecule has 0 fully saturated rings. The summed E-state index contributed by atoms with van der Waals surface area (Å²) in [5.74, 6) is -1.80. The van der Waals surface area contributed by atoms with Crippen LogP contribution in [0, 0.1) is 0 Å². The van der Waals surface area contributed by atoms with Crippen molar-refractivity contribution in [3.63, 3.8) is 0 Å². The van der Waals surface area contributed by atoms with Crippen molar-refractivity contribution in [1.29, 1.82) is 0 Å². The maximum atomic E-state index is 11.9. The number of aliphatic hydroxyl groups excluding tert-OH is 1. The van der Waals surface area contributed by atoms with Crippen LogP contribution in [0.25, 0.3) is 10.8 Å². The number of amides is 1. The fraction of sp³-hybridized carbons (Fsp3) is 0.143. The van der Waals surface area contributed by atoms with E-state index in [0.717, 1.165) is 15.2 Å². The van der Waals surface area contributed by atoms with Crippen molar-refractivity contribution in [3.05, 3.63) is 46.4 Å². The molecule has 1 atom stereocenters. The lowest BCUT2D eigenvalue weighted by molar-refractivity contribution is -0.140. The van der Waals surface area contributed by atoms with Crippen LogP contribution in [-0.4, -0.2) is 34.7 Å². The summed E-state index contributed by atoms with van der Waals surface area (Å²) in [7, 11) is 0. The Labute approximate surface area is 123 Å². The van der Waals surface area contributed by atoms with E-state index in [-0.39, 0.29) is 0 Å². The van der Waals surface area contributed by atoms with Crippen molar-refractivity contribution >= 4 is 38.6 Å². The first-order valence-corrected chi connectivity index (χ1v) is 6.64. The molecule has 3 N–H and O–H groups in total. The van der Waals surface area contributed by atoms with Crippen LogP contribution in [0.15, 0.2) is 40.9 Å². The summed E-state index contributed by atoms with van der Waals surface area (Å²) in [5.41, 5.74) is 0.347. The van der Waals surface area contributed by atoms with Gasteiger partial charge < -0.3 is 15.5 Å². The van der Waals surface area contributed by atoms with Crippen LogP contribution >= 0.6 is 15.9 Å². The van der Waals surface area contributed by atoms with Gasteiger partial charge in [0.2, 0.25) is 0 Å². The summed E-state index contributed by atoms with van der Waals surface area (Å²) in [6.45, 7) is -0.651. The predicted molar refractivity (Wildman–Crippen MR) is 77.6 cm³/mol. The van der Waals surface area contributed by atoms with Gasteiger partial charge in [-0.25, -0.2) is 4.79 Å². The lowest BCUT2D eigenvalue weighted by Crippen LogP contribution is -2.43. The molecule has 0 unspecified atom stereocenters. The summed E-state index contributed by atoms with van der Waals surface area (Å²) in [4.78, 5) is 22.7. The molecule has 2 rings (SSSR count). The summed E-state index contributed by atoms with van der Waals surface area (Å²) >= 11 is 3.37. The van der Waals surface area contributed by atoms with Crippen molar-refractivity contribution in [2.24, 2.45) is 0 Å². The molecule has 20 heavy (non-hydrogen) atoms. The Morgan fingerprint density at radius 3 is 2.45 bits per heavy atom. The maximum absolute atomic E-state index is 11.9. The highest BCUT2D eigenvalue weighted by molar-refractivity contribution is 9.10. The quantitative estimate of drug-likeness (QED) is 0.793. The Kier molecular flexibility index (Phi) is 4.36. The molecule has 0 spiro atoms. The largest absolute Gasteiger partial charge is 0.480 e. The number of carbonyl (C=O) groups excluding carboxylic acids is 1. The number of aliphatic carboxylic acids is 1. The molecule has 0 saturated carbocycles.